The fraction of sp³-hybridized carbons (Fsp3) is 1.00. The Morgan fingerprint density at radius 2 is 0.656 bits per heavy atom. The number of hydrogen-bond donors (Lipinski definition) is 0. The first-order chi connectivity index (χ1) is 30.0. The van der Waals surface area contributed by atoms with Gasteiger partial charge in [0.2, 0.25) is 0 Å². The van der Waals surface area contributed by atoms with Crippen molar-refractivity contribution in [3.8, 4) is 0 Å². The maximum Gasteiger partial charge on any atom is 0.0842 e. The van der Waals surface area contributed by atoms with E-state index in [1.54, 1.807) is 0 Å². The Balaban J connectivity index is 0.0000000992. The Morgan fingerprint density at radius 1 is 0.344 bits per heavy atom. The van der Waals surface area contributed by atoms with Crippen molar-refractivity contribution in [2.75, 3.05) is 52.9 Å². The van der Waals surface area contributed by atoms with Gasteiger partial charge in [-0.25, -0.2) is 0 Å². The van der Waals surface area contributed by atoms with Gasteiger partial charge in [0.25, 0.3) is 0 Å². The van der Waals surface area contributed by atoms with E-state index in [1.165, 1.54) is 135 Å². The Bertz CT molecular complexity index is 1200. The minimum atomic E-state index is 0.549. The van der Waals surface area contributed by atoms with Crippen LogP contribution < -0.4 is 0 Å². The average Bonchev–Trinajstić information content (AvgIpc) is 4.06. The van der Waals surface area contributed by atoms with Gasteiger partial charge in [-0.3, -0.25) is 0 Å². The van der Waals surface area contributed by atoms with Gasteiger partial charge in [-0.1, -0.05) is 0 Å². The third-order valence-corrected chi connectivity index (χ3v) is 16.0. The summed E-state index contributed by atoms with van der Waals surface area (Å²) >= 11 is 0. The van der Waals surface area contributed by atoms with Gasteiger partial charge < -0.3 is 52.1 Å². The number of hydrogen-bond acceptors (Lipinski definition) is 11. The number of fused-ring (bicyclic) bond motifs is 3. The van der Waals surface area contributed by atoms with Crippen LogP contribution in [0.4, 0.5) is 0 Å². The Labute approximate surface area is 367 Å². The first kappa shape index (κ1) is 44.4. The molecule has 0 aromatic heterocycles. The third kappa shape index (κ3) is 17.7. The van der Waals surface area contributed by atoms with Gasteiger partial charge in [-0.2, -0.15) is 0 Å². The summed E-state index contributed by atoms with van der Waals surface area (Å²) in [6.07, 6.45) is 37.9. The fourth-order valence-corrected chi connectivity index (χ4v) is 11.1. The normalized spacial score (nSPS) is 46.1. The molecule has 11 saturated heterocycles. The SMILES string of the molecule is C(CC1CO1)C(CCC1CO1)CC(CC1CO1)CC1CO1.C1CC2OC2CCC1CC1CCC2OC2CC1.C1CC2OC2CCC1CC1CO1.C1OC1CC1CO1.CC1CO1. The molecule has 14 aliphatic rings. The lowest BCUT2D eigenvalue weighted by Crippen LogP contribution is -2.15. The highest BCUT2D eigenvalue weighted by Crippen LogP contribution is 2.44. The molecule has 11 heterocycles. The van der Waals surface area contributed by atoms with Crippen molar-refractivity contribution in [3.63, 3.8) is 0 Å². The maximum absolute atomic E-state index is 5.62. The standard InChI is InChI=1S/C17H28O4.C15H24O2.C10H16O2.C5H8O2.C3H6O/c1(3-14-8-18-14)12(2-4-15-9-19-15)5-13(6-16-10-20-16)7-17-11-21-17;1-5-12-13(16-12)6-2-10(1)9-11-3-7-14-15(17-14)8-4-11;1-3-9-10(12-9)4-2-7(1)5-8-6-11-8;1(4-2-6-4)5-3-7-5;1-3-2-4-3/h12-17H,1-11H2;10-15H,1-9H2;7-10H,1-6H2;4-5H,1-3H2;3H,2H2,1H3. The minimum absolute atomic E-state index is 0.549. The molecule has 0 radical (unpaired) electrons. The van der Waals surface area contributed by atoms with Gasteiger partial charge >= 0.3 is 0 Å². The molecule has 0 aromatic carbocycles. The van der Waals surface area contributed by atoms with Crippen molar-refractivity contribution < 1.29 is 52.1 Å². The second-order valence-electron chi connectivity index (χ2n) is 21.8. The van der Waals surface area contributed by atoms with E-state index in [0.29, 0.717) is 85.5 Å². The molecule has 11 nitrogen and oxygen atoms in total. The molecule has 61 heavy (non-hydrogen) atoms. The summed E-state index contributed by atoms with van der Waals surface area (Å²) in [4.78, 5) is 0. The molecule has 3 saturated carbocycles. The zero-order valence-electron chi connectivity index (χ0n) is 37.7. The molecule has 0 aromatic rings. The first-order valence-corrected chi connectivity index (χ1v) is 25.9. The van der Waals surface area contributed by atoms with E-state index < -0.39 is 0 Å². The molecule has 348 valence electrons. The monoisotopic (exact) mass is 859 g/mol. The van der Waals surface area contributed by atoms with E-state index in [-0.39, 0.29) is 0 Å². The van der Waals surface area contributed by atoms with E-state index in [4.69, 9.17) is 52.1 Å². The van der Waals surface area contributed by atoms with Crippen LogP contribution in [-0.2, 0) is 52.1 Å². The van der Waals surface area contributed by atoms with Crippen molar-refractivity contribution in [2.24, 2.45) is 29.6 Å². The topological polar surface area (TPSA) is 138 Å². The summed E-state index contributed by atoms with van der Waals surface area (Å²) in [7, 11) is 0. The molecule has 0 N–H and O–H groups in total. The van der Waals surface area contributed by atoms with Gasteiger partial charge in [-0.05, 0) is 171 Å². The molecular formula is C50H82O11. The predicted molar refractivity (Wildman–Crippen MR) is 229 cm³/mol. The summed E-state index contributed by atoms with van der Waals surface area (Å²) in [6.45, 7) is 9.97. The van der Waals surface area contributed by atoms with Crippen molar-refractivity contribution in [1.82, 2.24) is 0 Å². The lowest BCUT2D eigenvalue weighted by atomic mass is 9.83. The van der Waals surface area contributed by atoms with Crippen molar-refractivity contribution in [2.45, 2.75) is 234 Å². The summed E-state index contributed by atoms with van der Waals surface area (Å²) in [6, 6.07) is 0. The fourth-order valence-electron chi connectivity index (χ4n) is 11.1. The number of rotatable bonds is 18. The number of ether oxygens (including phenoxy) is 11. The van der Waals surface area contributed by atoms with Crippen LogP contribution in [0, 0.1) is 29.6 Å². The summed E-state index contributed by atoms with van der Waals surface area (Å²) in [5.74, 6) is 4.57. The molecule has 0 amide bonds. The summed E-state index contributed by atoms with van der Waals surface area (Å²) in [5.41, 5.74) is 0. The van der Waals surface area contributed by atoms with Gasteiger partial charge in [0.15, 0.2) is 0 Å². The third-order valence-electron chi connectivity index (χ3n) is 16.0. The maximum atomic E-state index is 5.62. The zero-order valence-corrected chi connectivity index (χ0v) is 37.7. The predicted octanol–water partition coefficient (Wildman–Crippen LogP) is 8.15. The highest BCUT2D eigenvalue weighted by atomic mass is 16.6. The Morgan fingerprint density at radius 3 is 0.967 bits per heavy atom. The van der Waals surface area contributed by atoms with Crippen LogP contribution in [0.25, 0.3) is 0 Å². The van der Waals surface area contributed by atoms with Crippen LogP contribution in [0.2, 0.25) is 0 Å². The van der Waals surface area contributed by atoms with Crippen molar-refractivity contribution in [3.05, 3.63) is 0 Å². The van der Waals surface area contributed by atoms with Gasteiger partial charge in [-0.15, -0.1) is 0 Å². The average molecular weight is 859 g/mol. The summed E-state index contributed by atoms with van der Waals surface area (Å²) < 4.78 is 58.3. The second kappa shape index (κ2) is 21.5. The highest BCUT2D eigenvalue weighted by molar-refractivity contribution is 4.93. The first-order valence-electron chi connectivity index (χ1n) is 25.9. The minimum Gasteiger partial charge on any atom is -0.373 e. The van der Waals surface area contributed by atoms with Crippen LogP contribution >= 0.6 is 0 Å². The van der Waals surface area contributed by atoms with Gasteiger partial charge in [0, 0.05) is 6.42 Å². The number of epoxide rings is 11. The van der Waals surface area contributed by atoms with Crippen LogP contribution in [0.1, 0.15) is 148 Å². The molecule has 0 bridgehead atoms. The molecule has 3 aliphatic carbocycles. The molecule has 14 fully saturated rings. The quantitative estimate of drug-likeness (QED) is 0.124. The van der Waals surface area contributed by atoms with Gasteiger partial charge in [0.1, 0.15) is 0 Å². The van der Waals surface area contributed by atoms with Crippen LogP contribution in [0.15, 0.2) is 0 Å². The van der Waals surface area contributed by atoms with Crippen molar-refractivity contribution in [1.29, 1.82) is 0 Å². The lowest BCUT2D eigenvalue weighted by Gasteiger charge is -2.23. The van der Waals surface area contributed by atoms with Crippen LogP contribution in [-0.4, -0.2) is 138 Å². The Kier molecular flexibility index (Phi) is 15.6. The van der Waals surface area contributed by atoms with Gasteiger partial charge in [0.05, 0.1) is 138 Å². The molecule has 0 spiro atoms. The molecule has 14 unspecified atom stereocenters. The lowest BCUT2D eigenvalue weighted by molar-refractivity contribution is 0.242. The molecule has 14 atom stereocenters. The van der Waals surface area contributed by atoms with Crippen LogP contribution in [0.5, 0.6) is 0 Å². The Hall–Kier alpha value is -0.440. The van der Waals surface area contributed by atoms with E-state index in [2.05, 4.69) is 6.92 Å². The second-order valence-corrected chi connectivity index (χ2v) is 21.8. The molecule has 14 rings (SSSR count). The largest absolute Gasteiger partial charge is 0.373 e. The van der Waals surface area contributed by atoms with Crippen molar-refractivity contribution >= 4 is 0 Å². The molecular weight excluding hydrogens is 777 g/mol. The van der Waals surface area contributed by atoms with E-state index in [9.17, 15) is 0 Å². The molecule has 11 heteroatoms. The summed E-state index contributed by atoms with van der Waals surface area (Å²) in [5, 5.41) is 0. The zero-order chi connectivity index (χ0) is 41.0. The van der Waals surface area contributed by atoms with Crippen LogP contribution in [0.3, 0.4) is 0 Å². The smallest absolute Gasteiger partial charge is 0.0842 e. The van der Waals surface area contributed by atoms with E-state index in [0.717, 1.165) is 88.9 Å². The molecule has 11 aliphatic heterocycles. The highest BCUT2D eigenvalue weighted by Gasteiger charge is 2.44. The van der Waals surface area contributed by atoms with E-state index >= 15 is 0 Å². The van der Waals surface area contributed by atoms with E-state index in [1.807, 2.05) is 0 Å².